The lowest BCUT2D eigenvalue weighted by molar-refractivity contribution is 0.916. The first-order valence-corrected chi connectivity index (χ1v) is 5.06. The first-order chi connectivity index (χ1) is 6.91. The van der Waals surface area contributed by atoms with Crippen molar-refractivity contribution < 1.29 is 0 Å². The summed E-state index contributed by atoms with van der Waals surface area (Å²) in [6.07, 6.45) is 3.53. The molecule has 5 aliphatic rings. The molecule has 0 amide bonds. The lowest BCUT2D eigenvalue weighted by Crippen LogP contribution is -2.22. The Balaban J connectivity index is 2.12. The van der Waals surface area contributed by atoms with Crippen molar-refractivity contribution in [1.82, 2.24) is 0 Å². The molecule has 1 aromatic carbocycles. The zero-order chi connectivity index (χ0) is 8.91. The normalized spacial score (nSPS) is 32.9. The molecule has 6 rings (SSSR count). The highest BCUT2D eigenvalue weighted by atomic mass is 15.0. The van der Waals surface area contributed by atoms with Crippen molar-refractivity contribution >= 4 is 5.57 Å². The maximum atomic E-state index is 4.88. The summed E-state index contributed by atoms with van der Waals surface area (Å²) in [6.45, 7) is 0. The van der Waals surface area contributed by atoms with Gasteiger partial charge >= 0.3 is 0 Å². The van der Waals surface area contributed by atoms with Crippen LogP contribution in [0.25, 0.3) is 5.57 Å². The standard InChI is InChI=1S/C13H7N/c1-2-4-11-8(3-1)12-7-5-9-10(6-7)13(9,12)14-11/h1-5H,6H2. The zero-order valence-electron chi connectivity index (χ0n) is 7.54. The van der Waals surface area contributed by atoms with E-state index >= 15 is 0 Å². The summed E-state index contributed by atoms with van der Waals surface area (Å²) in [6, 6.07) is 8.53. The van der Waals surface area contributed by atoms with Gasteiger partial charge in [0.2, 0.25) is 0 Å². The lowest BCUT2D eigenvalue weighted by Gasteiger charge is -2.02. The highest BCUT2D eigenvalue weighted by molar-refractivity contribution is 6.02. The summed E-state index contributed by atoms with van der Waals surface area (Å²) >= 11 is 0. The van der Waals surface area contributed by atoms with Crippen LogP contribution in [0.1, 0.15) is 6.42 Å². The molecule has 0 aromatic heterocycles. The summed E-state index contributed by atoms with van der Waals surface area (Å²) in [7, 11) is 0. The monoisotopic (exact) mass is 177 g/mol. The topological polar surface area (TPSA) is 12.4 Å². The Labute approximate surface area is 80.8 Å². The smallest absolute Gasteiger partial charge is 0.134 e. The van der Waals surface area contributed by atoms with E-state index in [1.807, 2.05) is 0 Å². The molecule has 1 aliphatic heterocycles. The van der Waals surface area contributed by atoms with Crippen LogP contribution in [0.15, 0.2) is 52.1 Å². The molecule has 1 saturated carbocycles. The van der Waals surface area contributed by atoms with Crippen LogP contribution in [0.2, 0.25) is 0 Å². The van der Waals surface area contributed by atoms with Gasteiger partial charge in [0.05, 0.1) is 5.36 Å². The third kappa shape index (κ3) is 0.359. The summed E-state index contributed by atoms with van der Waals surface area (Å²) in [5.74, 6) is 0. The first-order valence-electron chi connectivity index (χ1n) is 5.06. The molecule has 4 bridgehead atoms. The third-order valence-electron chi connectivity index (χ3n) is 3.92. The van der Waals surface area contributed by atoms with Crippen molar-refractivity contribution in [1.29, 1.82) is 0 Å². The van der Waals surface area contributed by atoms with E-state index in [-0.39, 0.29) is 5.54 Å². The van der Waals surface area contributed by atoms with Crippen molar-refractivity contribution in [2.75, 3.05) is 0 Å². The number of fused-ring (bicyclic) bond motifs is 1. The molecule has 1 heterocycles. The Bertz CT molecular complexity index is 703. The number of nitrogens with zero attached hydrogens (tertiary/aromatic N) is 1. The summed E-state index contributed by atoms with van der Waals surface area (Å²) < 4.78 is 0. The molecule has 4 aliphatic carbocycles. The molecule has 1 heteroatoms. The average molecular weight is 177 g/mol. The Hall–Kier alpha value is -1.63. The van der Waals surface area contributed by atoms with Gasteiger partial charge in [-0.25, -0.2) is 0 Å². The van der Waals surface area contributed by atoms with Crippen LogP contribution in [-0.4, -0.2) is 5.54 Å². The van der Waals surface area contributed by atoms with Crippen molar-refractivity contribution in [2.24, 2.45) is 4.99 Å². The minimum Gasteiger partial charge on any atom is -0.264 e. The van der Waals surface area contributed by atoms with Crippen molar-refractivity contribution in [3.63, 3.8) is 0 Å². The molecule has 0 saturated heterocycles. The number of hydrogen-bond donors (Lipinski definition) is 0. The van der Waals surface area contributed by atoms with E-state index in [2.05, 4.69) is 30.3 Å². The SMILES string of the molecule is C1=C2CC3=C1C31N=c3ccccc3=C21. The molecule has 1 fully saturated rings. The van der Waals surface area contributed by atoms with Gasteiger partial charge in [0.15, 0.2) is 0 Å². The highest BCUT2D eigenvalue weighted by Crippen LogP contribution is 2.70. The second-order valence-corrected chi connectivity index (χ2v) is 4.45. The van der Waals surface area contributed by atoms with E-state index in [0.717, 1.165) is 0 Å². The van der Waals surface area contributed by atoms with Crippen LogP contribution >= 0.6 is 0 Å². The van der Waals surface area contributed by atoms with Crippen molar-refractivity contribution in [2.45, 2.75) is 12.0 Å². The van der Waals surface area contributed by atoms with E-state index in [4.69, 9.17) is 4.99 Å². The minimum atomic E-state index is 0.0962. The number of rotatable bonds is 0. The quantitative estimate of drug-likeness (QED) is 0.557. The Morgan fingerprint density at radius 1 is 1.21 bits per heavy atom. The minimum absolute atomic E-state index is 0.0962. The molecule has 64 valence electrons. The van der Waals surface area contributed by atoms with Gasteiger partial charge in [0.1, 0.15) is 5.54 Å². The molecular weight excluding hydrogens is 170 g/mol. The fourth-order valence-corrected chi connectivity index (χ4v) is 3.37. The molecule has 1 atom stereocenters. The fourth-order valence-electron chi connectivity index (χ4n) is 3.37. The van der Waals surface area contributed by atoms with Crippen molar-refractivity contribution in [3.8, 4) is 0 Å². The third-order valence-corrected chi connectivity index (χ3v) is 3.92. The predicted octanol–water partition coefficient (Wildman–Crippen LogP) is 0.863. The van der Waals surface area contributed by atoms with Crippen molar-refractivity contribution in [3.05, 3.63) is 57.6 Å². The van der Waals surface area contributed by atoms with Crippen LogP contribution < -0.4 is 10.6 Å². The van der Waals surface area contributed by atoms with Crippen LogP contribution in [-0.2, 0) is 0 Å². The van der Waals surface area contributed by atoms with E-state index in [0.29, 0.717) is 0 Å². The van der Waals surface area contributed by atoms with Crippen LogP contribution in [0.5, 0.6) is 0 Å². The summed E-state index contributed by atoms with van der Waals surface area (Å²) in [5, 5.41) is 2.57. The molecule has 0 N–H and O–H groups in total. The Morgan fingerprint density at radius 3 is 3.00 bits per heavy atom. The van der Waals surface area contributed by atoms with Crippen LogP contribution in [0.3, 0.4) is 0 Å². The largest absolute Gasteiger partial charge is 0.264 e. The fraction of sp³-hybridized carbons (Fsp3) is 0.154. The second kappa shape index (κ2) is 1.42. The second-order valence-electron chi connectivity index (χ2n) is 4.45. The van der Waals surface area contributed by atoms with Gasteiger partial charge in [0, 0.05) is 10.8 Å². The van der Waals surface area contributed by atoms with Gasteiger partial charge in [-0.1, -0.05) is 24.3 Å². The molecule has 1 aromatic rings. The number of benzene rings is 1. The summed E-state index contributed by atoms with van der Waals surface area (Å²) in [5.41, 5.74) is 6.23. The van der Waals surface area contributed by atoms with Gasteiger partial charge in [-0.3, -0.25) is 4.99 Å². The predicted molar refractivity (Wildman–Crippen MR) is 53.1 cm³/mol. The molecule has 1 spiro atoms. The Morgan fingerprint density at radius 2 is 2.14 bits per heavy atom. The molecule has 0 radical (unpaired) electrons. The van der Waals surface area contributed by atoms with Gasteiger partial charge in [-0.2, -0.15) is 0 Å². The van der Waals surface area contributed by atoms with Gasteiger partial charge in [0.25, 0.3) is 0 Å². The van der Waals surface area contributed by atoms with E-state index < -0.39 is 0 Å². The number of para-hydroxylation sites is 1. The average Bonchev–Trinajstić information content (AvgIpc) is 2.73. The molecule has 1 nitrogen and oxygen atoms in total. The zero-order valence-corrected chi connectivity index (χ0v) is 7.54. The van der Waals surface area contributed by atoms with Gasteiger partial charge in [-0.05, 0) is 29.2 Å². The lowest BCUT2D eigenvalue weighted by atomic mass is 10.1. The van der Waals surface area contributed by atoms with Crippen LogP contribution in [0, 0.1) is 0 Å². The molecular formula is C13H7N. The first kappa shape index (κ1) is 5.97. The van der Waals surface area contributed by atoms with E-state index in [1.54, 1.807) is 5.57 Å². The van der Waals surface area contributed by atoms with Gasteiger partial charge in [-0.15, -0.1) is 0 Å². The molecule has 14 heavy (non-hydrogen) atoms. The van der Waals surface area contributed by atoms with Crippen LogP contribution in [0.4, 0.5) is 0 Å². The highest BCUT2D eigenvalue weighted by Gasteiger charge is 2.66. The van der Waals surface area contributed by atoms with Gasteiger partial charge < -0.3 is 0 Å². The number of hydrogen-bond acceptors (Lipinski definition) is 1. The van der Waals surface area contributed by atoms with E-state index in [1.165, 1.54) is 33.7 Å². The molecule has 1 unspecified atom stereocenters. The van der Waals surface area contributed by atoms with E-state index in [9.17, 15) is 0 Å². The summed E-state index contributed by atoms with van der Waals surface area (Å²) in [4.78, 5) is 4.88. The maximum Gasteiger partial charge on any atom is 0.134 e. The maximum absolute atomic E-state index is 4.88. The Kier molecular flexibility index (Phi) is 0.604.